The van der Waals surface area contributed by atoms with Gasteiger partial charge in [0.1, 0.15) is 5.84 Å². The first kappa shape index (κ1) is 5.96. The first-order valence-electron chi connectivity index (χ1n) is 2.02. The highest BCUT2D eigenvalue weighted by atomic mass is 14.8. The van der Waals surface area contributed by atoms with Gasteiger partial charge in [-0.3, -0.25) is 0 Å². The van der Waals surface area contributed by atoms with Crippen LogP contribution in [-0.4, -0.2) is 5.84 Å². The van der Waals surface area contributed by atoms with E-state index in [2.05, 4.69) is 4.99 Å². The summed E-state index contributed by atoms with van der Waals surface area (Å²) in [5.41, 5.74) is 5.11. The minimum absolute atomic E-state index is 0.391. The van der Waals surface area contributed by atoms with Gasteiger partial charge in [0, 0.05) is 6.42 Å². The third kappa shape index (κ3) is 2.77. The molecule has 0 unspecified atom stereocenters. The number of nitrogens with two attached hydrogens (primary N) is 1. The fourth-order valence-electron chi connectivity index (χ4n) is 0.143. The molecule has 0 aliphatic rings. The molecular weight excluding hydrogens is 90.1 g/mol. The Labute approximate surface area is 42.5 Å². The Morgan fingerprint density at radius 1 is 2.00 bits per heavy atom. The molecule has 0 saturated carbocycles. The van der Waals surface area contributed by atoms with Crippen molar-refractivity contribution in [3.63, 3.8) is 0 Å². The van der Waals surface area contributed by atoms with Crippen LogP contribution in [0, 0.1) is 11.5 Å². The van der Waals surface area contributed by atoms with E-state index in [1.807, 2.05) is 6.92 Å². The van der Waals surface area contributed by atoms with E-state index < -0.39 is 0 Å². The summed E-state index contributed by atoms with van der Waals surface area (Å²) < 4.78 is 0. The Balaban J connectivity index is 3.56. The van der Waals surface area contributed by atoms with Crippen molar-refractivity contribution >= 4 is 5.84 Å². The van der Waals surface area contributed by atoms with Gasteiger partial charge in [0.15, 0.2) is 0 Å². The molecule has 2 N–H and O–H groups in total. The van der Waals surface area contributed by atoms with Gasteiger partial charge in [0.2, 0.25) is 6.19 Å². The molecule has 0 heterocycles. The monoisotopic (exact) mass is 97.1 g/mol. The fraction of sp³-hybridized carbons (Fsp3) is 0.500. The molecule has 0 spiro atoms. The van der Waals surface area contributed by atoms with E-state index in [9.17, 15) is 0 Å². The van der Waals surface area contributed by atoms with Crippen LogP contribution in [0.15, 0.2) is 4.99 Å². The largest absolute Gasteiger partial charge is 0.386 e. The lowest BCUT2D eigenvalue weighted by Crippen LogP contribution is -2.08. The highest BCUT2D eigenvalue weighted by Gasteiger charge is 1.79. The van der Waals surface area contributed by atoms with Crippen LogP contribution < -0.4 is 5.73 Å². The maximum atomic E-state index is 7.85. The zero-order chi connectivity index (χ0) is 5.70. The molecule has 0 aliphatic carbocycles. The summed E-state index contributed by atoms with van der Waals surface area (Å²) in [4.78, 5) is 3.24. The third-order valence-corrected chi connectivity index (χ3v) is 0.556. The van der Waals surface area contributed by atoms with E-state index >= 15 is 0 Å². The Morgan fingerprint density at radius 3 is 2.71 bits per heavy atom. The molecule has 0 saturated heterocycles. The summed E-state index contributed by atoms with van der Waals surface area (Å²) in [6.07, 6.45) is 2.23. The molecule has 7 heavy (non-hydrogen) atoms. The van der Waals surface area contributed by atoms with Gasteiger partial charge in [-0.25, -0.2) is 0 Å². The van der Waals surface area contributed by atoms with Crippen LogP contribution in [0.3, 0.4) is 0 Å². The van der Waals surface area contributed by atoms with Gasteiger partial charge in [0.25, 0.3) is 0 Å². The topological polar surface area (TPSA) is 62.2 Å². The molecule has 3 heteroatoms. The molecule has 0 atom stereocenters. The van der Waals surface area contributed by atoms with Crippen molar-refractivity contribution in [1.29, 1.82) is 5.26 Å². The highest BCUT2D eigenvalue weighted by Crippen LogP contribution is 1.72. The van der Waals surface area contributed by atoms with Gasteiger partial charge in [-0.2, -0.15) is 10.3 Å². The molecule has 0 aromatic rings. The summed E-state index contributed by atoms with van der Waals surface area (Å²) in [6.45, 7) is 1.84. The molecule has 0 aromatic carbocycles. The molecule has 0 bridgehead atoms. The summed E-state index contributed by atoms with van der Waals surface area (Å²) in [5.74, 6) is 0.391. The quantitative estimate of drug-likeness (QED) is 0.289. The number of hydrogen-bond donors (Lipinski definition) is 1. The number of amidine groups is 1. The van der Waals surface area contributed by atoms with Crippen LogP contribution in [0.2, 0.25) is 0 Å². The van der Waals surface area contributed by atoms with Gasteiger partial charge < -0.3 is 5.73 Å². The molecule has 0 radical (unpaired) electrons. The van der Waals surface area contributed by atoms with Crippen LogP contribution in [-0.2, 0) is 0 Å². The van der Waals surface area contributed by atoms with Crippen molar-refractivity contribution in [2.75, 3.05) is 0 Å². The van der Waals surface area contributed by atoms with Crippen LogP contribution in [0.1, 0.15) is 13.3 Å². The molecule has 0 aliphatic heterocycles. The van der Waals surface area contributed by atoms with Gasteiger partial charge in [0.05, 0.1) is 0 Å². The molecule has 0 aromatic heterocycles. The van der Waals surface area contributed by atoms with Gasteiger partial charge >= 0.3 is 0 Å². The zero-order valence-corrected chi connectivity index (χ0v) is 4.18. The number of rotatable bonds is 1. The van der Waals surface area contributed by atoms with Crippen molar-refractivity contribution in [2.45, 2.75) is 13.3 Å². The van der Waals surface area contributed by atoms with E-state index in [-0.39, 0.29) is 0 Å². The Kier molecular flexibility index (Phi) is 2.69. The van der Waals surface area contributed by atoms with Crippen LogP contribution in [0.25, 0.3) is 0 Å². The second-order valence-electron chi connectivity index (χ2n) is 1.06. The van der Waals surface area contributed by atoms with Crippen molar-refractivity contribution < 1.29 is 0 Å². The Bertz CT molecular complexity index is 109. The number of nitriles is 1. The maximum absolute atomic E-state index is 7.85. The summed E-state index contributed by atoms with van der Waals surface area (Å²) in [5, 5.41) is 7.85. The molecule has 0 rings (SSSR count). The standard InChI is InChI=1S/C4H7N3/c1-2-4(6)7-3-5/h2H2,1H3,(H2,6,7). The molecule has 38 valence electrons. The highest BCUT2D eigenvalue weighted by molar-refractivity contribution is 5.80. The molecule has 0 amide bonds. The zero-order valence-electron chi connectivity index (χ0n) is 4.18. The van der Waals surface area contributed by atoms with Crippen LogP contribution >= 0.6 is 0 Å². The summed E-state index contributed by atoms with van der Waals surface area (Å²) >= 11 is 0. The lowest BCUT2D eigenvalue weighted by Gasteiger charge is -1.82. The van der Waals surface area contributed by atoms with E-state index in [1.54, 1.807) is 6.19 Å². The average molecular weight is 97.1 g/mol. The van der Waals surface area contributed by atoms with E-state index in [1.165, 1.54) is 0 Å². The minimum atomic E-state index is 0.391. The van der Waals surface area contributed by atoms with Crippen molar-refractivity contribution in [1.82, 2.24) is 0 Å². The smallest absolute Gasteiger partial charge is 0.207 e. The lowest BCUT2D eigenvalue weighted by atomic mass is 10.5. The second-order valence-corrected chi connectivity index (χ2v) is 1.06. The summed E-state index contributed by atoms with van der Waals surface area (Å²) in [6, 6.07) is 0. The van der Waals surface area contributed by atoms with E-state index in [4.69, 9.17) is 11.0 Å². The van der Waals surface area contributed by atoms with Gasteiger partial charge in [-0.1, -0.05) is 6.92 Å². The number of nitrogens with zero attached hydrogens (tertiary/aromatic N) is 2. The van der Waals surface area contributed by atoms with Crippen molar-refractivity contribution in [3.8, 4) is 6.19 Å². The Hall–Kier alpha value is -1.04. The van der Waals surface area contributed by atoms with Crippen molar-refractivity contribution in [3.05, 3.63) is 0 Å². The summed E-state index contributed by atoms with van der Waals surface area (Å²) in [7, 11) is 0. The van der Waals surface area contributed by atoms with Crippen LogP contribution in [0.5, 0.6) is 0 Å². The first-order chi connectivity index (χ1) is 3.31. The average Bonchev–Trinajstić information content (AvgIpc) is 1.68. The second kappa shape index (κ2) is 3.16. The fourth-order valence-corrected chi connectivity index (χ4v) is 0.143. The number of aliphatic imine (C=N–C) groups is 1. The number of hydrogen-bond acceptors (Lipinski definition) is 2. The van der Waals surface area contributed by atoms with Crippen molar-refractivity contribution in [2.24, 2.45) is 10.7 Å². The predicted molar refractivity (Wildman–Crippen MR) is 27.5 cm³/mol. The van der Waals surface area contributed by atoms with Crippen LogP contribution in [0.4, 0.5) is 0 Å². The molecular formula is C4H7N3. The third-order valence-electron chi connectivity index (χ3n) is 0.556. The Morgan fingerprint density at radius 2 is 2.57 bits per heavy atom. The molecule has 3 nitrogen and oxygen atoms in total. The van der Waals surface area contributed by atoms with Gasteiger partial charge in [-0.15, -0.1) is 0 Å². The predicted octanol–water partition coefficient (Wildman–Crippen LogP) is 0.235. The maximum Gasteiger partial charge on any atom is 0.207 e. The normalized spacial score (nSPS) is 10.6. The molecule has 0 fully saturated rings. The van der Waals surface area contributed by atoms with E-state index in [0.717, 1.165) is 0 Å². The lowest BCUT2D eigenvalue weighted by molar-refractivity contribution is 1.23. The van der Waals surface area contributed by atoms with Gasteiger partial charge in [-0.05, 0) is 0 Å². The van der Waals surface area contributed by atoms with E-state index in [0.29, 0.717) is 12.3 Å². The SMILES string of the molecule is CC/C(N)=N/C#N. The minimum Gasteiger partial charge on any atom is -0.386 e. The first-order valence-corrected chi connectivity index (χ1v) is 2.02.